The molecule has 1 unspecified atom stereocenters. The Labute approximate surface area is 108 Å². The minimum atomic E-state index is -1.44. The first-order valence-electron chi connectivity index (χ1n) is 5.54. The summed E-state index contributed by atoms with van der Waals surface area (Å²) in [7, 11) is 1.21. The summed E-state index contributed by atoms with van der Waals surface area (Å²) in [6.45, 7) is 0. The summed E-state index contributed by atoms with van der Waals surface area (Å²) in [5.41, 5.74) is 5.23. The molecule has 1 fully saturated rings. The third kappa shape index (κ3) is 2.46. The van der Waals surface area contributed by atoms with Crippen molar-refractivity contribution in [1.82, 2.24) is 9.97 Å². The highest BCUT2D eigenvalue weighted by molar-refractivity contribution is 5.86. The highest BCUT2D eigenvalue weighted by Gasteiger charge is 2.47. The Morgan fingerprint density at radius 2 is 2.26 bits per heavy atom. The summed E-state index contributed by atoms with van der Waals surface area (Å²) in [6.07, 6.45) is -4.97. The number of carbonyl (C=O) groups excluding carboxylic acids is 1. The van der Waals surface area contributed by atoms with Crippen LogP contribution in [0.3, 0.4) is 0 Å². The molecule has 0 aliphatic carbocycles. The van der Waals surface area contributed by atoms with Crippen LogP contribution in [0.15, 0.2) is 6.20 Å². The largest absolute Gasteiger partial charge is 0.464 e. The van der Waals surface area contributed by atoms with E-state index >= 15 is 0 Å². The summed E-state index contributed by atoms with van der Waals surface area (Å²) in [5, 5.41) is 28.7. The molecule has 1 aliphatic rings. The molecule has 19 heavy (non-hydrogen) atoms. The fourth-order valence-corrected chi connectivity index (χ4v) is 1.90. The van der Waals surface area contributed by atoms with Crippen LogP contribution in [0.5, 0.6) is 0 Å². The van der Waals surface area contributed by atoms with E-state index in [9.17, 15) is 20.1 Å². The minimum Gasteiger partial charge on any atom is -0.464 e. The first-order chi connectivity index (χ1) is 8.95. The van der Waals surface area contributed by atoms with Crippen LogP contribution in [0.2, 0.25) is 0 Å². The molecule has 106 valence electrons. The Morgan fingerprint density at radius 1 is 1.58 bits per heavy atom. The Bertz CT molecular complexity index is 462. The number of aromatic nitrogens is 2. The van der Waals surface area contributed by atoms with Gasteiger partial charge in [-0.3, -0.25) is 0 Å². The first-order valence-corrected chi connectivity index (χ1v) is 5.54. The van der Waals surface area contributed by atoms with E-state index in [1.54, 1.807) is 0 Å². The van der Waals surface area contributed by atoms with Crippen molar-refractivity contribution in [2.45, 2.75) is 30.6 Å². The number of ether oxygens (including phenoxy) is 2. The van der Waals surface area contributed by atoms with Crippen LogP contribution in [-0.2, 0) is 9.47 Å². The second-order valence-electron chi connectivity index (χ2n) is 4.16. The van der Waals surface area contributed by atoms with Crippen LogP contribution in [0.1, 0.15) is 22.4 Å². The average molecular weight is 273 g/mol. The van der Waals surface area contributed by atoms with Gasteiger partial charge in [0.25, 0.3) is 0 Å². The summed E-state index contributed by atoms with van der Waals surface area (Å²) in [6, 6.07) is 0. The van der Waals surface area contributed by atoms with Crippen LogP contribution >= 0.6 is 0 Å². The number of nitrogens with zero attached hydrogens (tertiary/aromatic N) is 1. The van der Waals surface area contributed by atoms with E-state index in [0.29, 0.717) is 0 Å². The number of nitrogens with one attached hydrogen (secondary N) is 1. The molecule has 9 nitrogen and oxygen atoms in total. The smallest absolute Gasteiger partial charge is 0.358 e. The summed E-state index contributed by atoms with van der Waals surface area (Å²) in [4.78, 5) is 17.8. The SMILES string of the molecule is COC(=O)c1c[nH]c([C@@H]2O[C@H](C(N)O)[C@@H](O)[C@H]2O)n1. The molecule has 0 aromatic carbocycles. The van der Waals surface area contributed by atoms with E-state index < -0.39 is 36.6 Å². The number of aliphatic hydroxyl groups excluding tert-OH is 3. The van der Waals surface area contributed by atoms with E-state index in [1.165, 1.54) is 13.3 Å². The van der Waals surface area contributed by atoms with Crippen LogP contribution in [0, 0.1) is 0 Å². The molecule has 2 rings (SSSR count). The lowest BCUT2D eigenvalue weighted by Crippen LogP contribution is -2.43. The molecule has 1 aromatic rings. The molecule has 0 radical (unpaired) electrons. The predicted molar refractivity (Wildman–Crippen MR) is 59.7 cm³/mol. The molecule has 6 N–H and O–H groups in total. The number of aliphatic hydroxyl groups is 3. The van der Waals surface area contributed by atoms with Gasteiger partial charge in [0.05, 0.1) is 7.11 Å². The number of esters is 1. The molecule has 5 atom stereocenters. The van der Waals surface area contributed by atoms with Crippen LogP contribution in [0.25, 0.3) is 0 Å². The highest BCUT2D eigenvalue weighted by atomic mass is 16.6. The highest BCUT2D eigenvalue weighted by Crippen LogP contribution is 2.32. The van der Waals surface area contributed by atoms with Gasteiger partial charge in [-0.05, 0) is 0 Å². The van der Waals surface area contributed by atoms with E-state index in [0.717, 1.165) is 0 Å². The first kappa shape index (κ1) is 13.9. The Kier molecular flexibility index (Phi) is 3.83. The van der Waals surface area contributed by atoms with Gasteiger partial charge in [-0.25, -0.2) is 9.78 Å². The number of H-pyrrole nitrogens is 1. The summed E-state index contributed by atoms with van der Waals surface area (Å²) >= 11 is 0. The molecule has 0 bridgehead atoms. The van der Waals surface area contributed by atoms with Gasteiger partial charge in [-0.1, -0.05) is 0 Å². The minimum absolute atomic E-state index is 0.0135. The van der Waals surface area contributed by atoms with Gasteiger partial charge >= 0.3 is 5.97 Å². The molecular formula is C10H15N3O6. The van der Waals surface area contributed by atoms with Gasteiger partial charge in [0.2, 0.25) is 0 Å². The number of imidazole rings is 1. The lowest BCUT2D eigenvalue weighted by molar-refractivity contribution is -0.0648. The molecule has 2 heterocycles. The maximum Gasteiger partial charge on any atom is 0.358 e. The van der Waals surface area contributed by atoms with Crippen LogP contribution in [-0.4, -0.2) is 62.9 Å². The van der Waals surface area contributed by atoms with E-state index in [-0.39, 0.29) is 11.5 Å². The summed E-state index contributed by atoms with van der Waals surface area (Å²) in [5.74, 6) is -0.513. The number of aromatic amines is 1. The zero-order valence-electron chi connectivity index (χ0n) is 10.1. The van der Waals surface area contributed by atoms with Crippen molar-refractivity contribution in [3.05, 3.63) is 17.7 Å². The van der Waals surface area contributed by atoms with Crippen molar-refractivity contribution in [2.24, 2.45) is 5.73 Å². The Balaban J connectivity index is 2.18. The average Bonchev–Trinajstić information content (AvgIpc) is 2.95. The topological polar surface area (TPSA) is 151 Å². The molecule has 0 spiro atoms. The standard InChI is InChI=1S/C10H15N3O6/c1-18-10(17)3-2-12-9(13-3)7-5(15)4(14)6(19-7)8(11)16/h2,4-8,14-16H,11H2,1H3,(H,12,13)/t4-,5+,6-,7+,8?/m0/s1. The number of nitrogens with two attached hydrogens (primary N) is 1. The van der Waals surface area contributed by atoms with Crippen molar-refractivity contribution in [3.8, 4) is 0 Å². The molecule has 1 aliphatic heterocycles. The Morgan fingerprint density at radius 3 is 2.79 bits per heavy atom. The van der Waals surface area contributed by atoms with Crippen LogP contribution < -0.4 is 5.73 Å². The third-order valence-electron chi connectivity index (χ3n) is 2.90. The quantitative estimate of drug-likeness (QED) is 0.303. The Hall–Kier alpha value is -1.52. The second kappa shape index (κ2) is 5.23. The predicted octanol–water partition coefficient (Wildman–Crippen LogP) is -2.36. The lowest BCUT2D eigenvalue weighted by Gasteiger charge is -2.16. The molecule has 9 heteroatoms. The van der Waals surface area contributed by atoms with Gasteiger partial charge in [0, 0.05) is 6.20 Å². The van der Waals surface area contributed by atoms with E-state index in [4.69, 9.17) is 10.5 Å². The fraction of sp³-hybridized carbons (Fsp3) is 0.600. The molecule has 1 saturated heterocycles. The molecule has 0 amide bonds. The van der Waals surface area contributed by atoms with Gasteiger partial charge in [0.1, 0.15) is 36.5 Å². The van der Waals surface area contributed by atoms with Gasteiger partial charge in [-0.2, -0.15) is 0 Å². The monoisotopic (exact) mass is 273 g/mol. The van der Waals surface area contributed by atoms with Gasteiger partial charge in [0.15, 0.2) is 5.69 Å². The molecular weight excluding hydrogens is 258 g/mol. The van der Waals surface area contributed by atoms with Crippen molar-refractivity contribution < 1.29 is 29.6 Å². The zero-order chi connectivity index (χ0) is 14.2. The lowest BCUT2D eigenvalue weighted by atomic mass is 10.1. The third-order valence-corrected chi connectivity index (χ3v) is 2.90. The van der Waals surface area contributed by atoms with Crippen molar-refractivity contribution >= 4 is 5.97 Å². The van der Waals surface area contributed by atoms with Crippen molar-refractivity contribution in [3.63, 3.8) is 0 Å². The maximum atomic E-state index is 11.2. The van der Waals surface area contributed by atoms with E-state index in [1.807, 2.05) is 0 Å². The number of rotatable bonds is 3. The molecule has 1 aromatic heterocycles. The number of carbonyl (C=O) groups is 1. The number of hydrogen-bond donors (Lipinski definition) is 5. The van der Waals surface area contributed by atoms with Crippen molar-refractivity contribution in [2.75, 3.05) is 7.11 Å². The number of hydrogen-bond acceptors (Lipinski definition) is 8. The second-order valence-corrected chi connectivity index (χ2v) is 4.16. The summed E-state index contributed by atoms with van der Waals surface area (Å²) < 4.78 is 9.72. The normalized spacial score (nSPS) is 32.3. The van der Waals surface area contributed by atoms with Crippen molar-refractivity contribution in [1.29, 1.82) is 0 Å². The molecule has 0 saturated carbocycles. The number of methoxy groups -OCH3 is 1. The zero-order valence-corrected chi connectivity index (χ0v) is 10.1. The maximum absolute atomic E-state index is 11.2. The fourth-order valence-electron chi connectivity index (χ4n) is 1.90. The van der Waals surface area contributed by atoms with Gasteiger partial charge in [-0.15, -0.1) is 0 Å². The van der Waals surface area contributed by atoms with E-state index in [2.05, 4.69) is 14.7 Å². The van der Waals surface area contributed by atoms with Crippen LogP contribution in [0.4, 0.5) is 0 Å². The van der Waals surface area contributed by atoms with Gasteiger partial charge < -0.3 is 35.5 Å².